The van der Waals surface area contributed by atoms with E-state index in [1.807, 2.05) is 0 Å². The first-order chi connectivity index (χ1) is 9.19. The maximum Gasteiger partial charge on any atom is 0.134 e. The molecule has 3 heterocycles. The molecule has 0 amide bonds. The molecule has 0 aromatic carbocycles. The van der Waals surface area contributed by atoms with Gasteiger partial charge in [-0.15, -0.1) is 0 Å². The summed E-state index contributed by atoms with van der Waals surface area (Å²) in [7, 11) is 0. The molecule has 104 valence electrons. The SMILES string of the molecule is Clc1ccnc(Cl)c1CN1CCOC2(CCOC2)C1. The molecule has 2 aliphatic heterocycles. The number of ether oxygens (including phenoxy) is 2. The molecule has 6 heteroatoms. The van der Waals surface area contributed by atoms with Gasteiger partial charge in [0, 0.05) is 49.4 Å². The van der Waals surface area contributed by atoms with Crippen LogP contribution in [0.4, 0.5) is 0 Å². The Morgan fingerprint density at radius 3 is 3.00 bits per heavy atom. The van der Waals surface area contributed by atoms with Gasteiger partial charge in [0.1, 0.15) is 10.8 Å². The van der Waals surface area contributed by atoms with E-state index in [1.165, 1.54) is 0 Å². The third-order valence-electron chi connectivity index (χ3n) is 3.72. The molecule has 19 heavy (non-hydrogen) atoms. The van der Waals surface area contributed by atoms with Crippen molar-refractivity contribution in [2.45, 2.75) is 18.6 Å². The van der Waals surface area contributed by atoms with Crippen molar-refractivity contribution < 1.29 is 9.47 Å². The van der Waals surface area contributed by atoms with Crippen molar-refractivity contribution >= 4 is 23.2 Å². The maximum atomic E-state index is 6.19. The number of pyridine rings is 1. The lowest BCUT2D eigenvalue weighted by Crippen LogP contribution is -2.51. The molecule has 0 N–H and O–H groups in total. The Morgan fingerprint density at radius 1 is 1.37 bits per heavy atom. The molecule has 1 aromatic rings. The summed E-state index contributed by atoms with van der Waals surface area (Å²) < 4.78 is 11.4. The van der Waals surface area contributed by atoms with E-state index in [-0.39, 0.29) is 5.60 Å². The van der Waals surface area contributed by atoms with Gasteiger partial charge < -0.3 is 9.47 Å². The molecule has 1 spiro atoms. The smallest absolute Gasteiger partial charge is 0.134 e. The van der Waals surface area contributed by atoms with Crippen LogP contribution >= 0.6 is 23.2 Å². The second kappa shape index (κ2) is 5.54. The number of rotatable bonds is 2. The fraction of sp³-hybridized carbons (Fsp3) is 0.615. The Morgan fingerprint density at radius 2 is 2.26 bits per heavy atom. The molecule has 0 aliphatic carbocycles. The summed E-state index contributed by atoms with van der Waals surface area (Å²) in [6.45, 7) is 4.62. The zero-order valence-electron chi connectivity index (χ0n) is 10.6. The highest BCUT2D eigenvalue weighted by Crippen LogP contribution is 2.30. The standard InChI is InChI=1S/C13H16Cl2N2O2/c14-11-1-3-16-12(15)10(11)7-17-4-6-19-13(8-17)2-5-18-9-13/h1,3H,2,4-9H2. The van der Waals surface area contributed by atoms with Crippen LogP contribution in [0, 0.1) is 0 Å². The number of morpholine rings is 1. The second-order valence-corrected chi connectivity index (χ2v) is 5.87. The molecule has 4 nitrogen and oxygen atoms in total. The van der Waals surface area contributed by atoms with Crippen molar-refractivity contribution in [2.24, 2.45) is 0 Å². The van der Waals surface area contributed by atoms with Crippen LogP contribution in [0.1, 0.15) is 12.0 Å². The monoisotopic (exact) mass is 302 g/mol. The van der Waals surface area contributed by atoms with Crippen LogP contribution in [0.15, 0.2) is 12.3 Å². The Labute approximate surface area is 122 Å². The largest absolute Gasteiger partial charge is 0.378 e. The lowest BCUT2D eigenvalue weighted by atomic mass is 10.0. The van der Waals surface area contributed by atoms with E-state index in [4.69, 9.17) is 32.7 Å². The average Bonchev–Trinajstić information content (AvgIpc) is 2.82. The Balaban J connectivity index is 1.73. The molecule has 1 atom stereocenters. The zero-order valence-corrected chi connectivity index (χ0v) is 12.1. The van der Waals surface area contributed by atoms with E-state index < -0.39 is 0 Å². The van der Waals surface area contributed by atoms with Gasteiger partial charge in [-0.3, -0.25) is 4.90 Å². The topological polar surface area (TPSA) is 34.6 Å². The second-order valence-electron chi connectivity index (χ2n) is 5.11. The van der Waals surface area contributed by atoms with E-state index in [9.17, 15) is 0 Å². The number of hydrogen-bond donors (Lipinski definition) is 0. The fourth-order valence-corrected chi connectivity index (χ4v) is 3.17. The average molecular weight is 303 g/mol. The van der Waals surface area contributed by atoms with Crippen molar-refractivity contribution in [3.63, 3.8) is 0 Å². The maximum absolute atomic E-state index is 6.19. The number of nitrogens with zero attached hydrogens (tertiary/aromatic N) is 2. The predicted molar refractivity (Wildman–Crippen MR) is 73.7 cm³/mol. The van der Waals surface area contributed by atoms with Crippen LogP contribution in [0.3, 0.4) is 0 Å². The van der Waals surface area contributed by atoms with Crippen LogP contribution in [-0.4, -0.2) is 48.4 Å². The van der Waals surface area contributed by atoms with Gasteiger partial charge in [0.25, 0.3) is 0 Å². The minimum absolute atomic E-state index is 0.139. The van der Waals surface area contributed by atoms with Gasteiger partial charge in [-0.25, -0.2) is 4.98 Å². The predicted octanol–water partition coefficient (Wildman–Crippen LogP) is 2.38. The lowest BCUT2D eigenvalue weighted by Gasteiger charge is -2.39. The normalized spacial score (nSPS) is 28.1. The van der Waals surface area contributed by atoms with E-state index in [0.717, 1.165) is 38.3 Å². The van der Waals surface area contributed by atoms with E-state index in [2.05, 4.69) is 9.88 Å². The lowest BCUT2D eigenvalue weighted by molar-refractivity contribution is -0.111. The molecule has 1 aromatic heterocycles. The molecular formula is C13H16Cl2N2O2. The summed E-state index contributed by atoms with van der Waals surface area (Å²) in [6, 6.07) is 1.78. The molecule has 2 aliphatic rings. The van der Waals surface area contributed by atoms with Crippen molar-refractivity contribution in [1.29, 1.82) is 0 Å². The Hall–Kier alpha value is -0.390. The third-order valence-corrected chi connectivity index (χ3v) is 4.40. The Bertz CT molecular complexity index is 444. The summed E-state index contributed by atoms with van der Waals surface area (Å²) in [6.07, 6.45) is 2.58. The van der Waals surface area contributed by atoms with Gasteiger partial charge in [0.15, 0.2) is 0 Å². The fourth-order valence-electron chi connectivity index (χ4n) is 2.70. The highest BCUT2D eigenvalue weighted by Gasteiger charge is 2.40. The van der Waals surface area contributed by atoms with Crippen LogP contribution < -0.4 is 0 Å². The van der Waals surface area contributed by atoms with E-state index >= 15 is 0 Å². The minimum atomic E-state index is -0.139. The third kappa shape index (κ3) is 2.88. The highest BCUT2D eigenvalue weighted by atomic mass is 35.5. The van der Waals surface area contributed by atoms with Crippen LogP contribution in [-0.2, 0) is 16.0 Å². The first kappa shape index (κ1) is 13.6. The van der Waals surface area contributed by atoms with Gasteiger partial charge in [-0.2, -0.15) is 0 Å². The summed E-state index contributed by atoms with van der Waals surface area (Å²) in [5.41, 5.74) is 0.751. The molecule has 0 saturated carbocycles. The number of hydrogen-bond acceptors (Lipinski definition) is 4. The molecule has 3 rings (SSSR count). The van der Waals surface area contributed by atoms with Crippen molar-refractivity contribution in [3.8, 4) is 0 Å². The van der Waals surface area contributed by atoms with Gasteiger partial charge in [0.2, 0.25) is 0 Å². The molecule has 2 saturated heterocycles. The van der Waals surface area contributed by atoms with Gasteiger partial charge in [-0.05, 0) is 6.07 Å². The van der Waals surface area contributed by atoms with Gasteiger partial charge in [0.05, 0.1) is 13.2 Å². The van der Waals surface area contributed by atoms with Crippen molar-refractivity contribution in [2.75, 3.05) is 32.9 Å². The molecule has 1 unspecified atom stereocenters. The first-order valence-electron chi connectivity index (χ1n) is 6.41. The summed E-state index contributed by atoms with van der Waals surface area (Å²) in [4.78, 5) is 6.41. The van der Waals surface area contributed by atoms with Crippen LogP contribution in [0.5, 0.6) is 0 Å². The number of halogens is 2. The number of aromatic nitrogens is 1. The van der Waals surface area contributed by atoms with E-state index in [1.54, 1.807) is 12.3 Å². The van der Waals surface area contributed by atoms with Gasteiger partial charge in [-0.1, -0.05) is 23.2 Å². The van der Waals surface area contributed by atoms with Gasteiger partial charge >= 0.3 is 0 Å². The van der Waals surface area contributed by atoms with Crippen LogP contribution in [0.25, 0.3) is 0 Å². The zero-order chi connectivity index (χ0) is 13.3. The molecular weight excluding hydrogens is 287 g/mol. The highest BCUT2D eigenvalue weighted by molar-refractivity contribution is 6.35. The van der Waals surface area contributed by atoms with Crippen molar-refractivity contribution in [3.05, 3.63) is 28.0 Å². The first-order valence-corrected chi connectivity index (χ1v) is 7.17. The summed E-state index contributed by atoms with van der Waals surface area (Å²) in [5.74, 6) is 0. The Kier molecular flexibility index (Phi) is 3.96. The molecule has 2 fully saturated rings. The molecule has 0 bridgehead atoms. The van der Waals surface area contributed by atoms with Crippen LogP contribution in [0.2, 0.25) is 10.2 Å². The van der Waals surface area contributed by atoms with Crippen molar-refractivity contribution in [1.82, 2.24) is 9.88 Å². The van der Waals surface area contributed by atoms with E-state index in [0.29, 0.717) is 23.3 Å². The summed E-state index contributed by atoms with van der Waals surface area (Å²) >= 11 is 12.3. The quantitative estimate of drug-likeness (QED) is 0.786. The molecule has 0 radical (unpaired) electrons. The minimum Gasteiger partial charge on any atom is -0.378 e. The summed E-state index contributed by atoms with van der Waals surface area (Å²) in [5, 5.41) is 1.15.